The number of amides is 2. The summed E-state index contributed by atoms with van der Waals surface area (Å²) in [6, 6.07) is 7.44. The highest BCUT2D eigenvalue weighted by Gasteiger charge is 2.51. The molecule has 4 rings (SSSR count). The van der Waals surface area contributed by atoms with E-state index in [1.54, 1.807) is 7.11 Å². The largest absolute Gasteiger partial charge is 0.496 e. The van der Waals surface area contributed by atoms with Gasteiger partial charge in [-0.2, -0.15) is 0 Å². The summed E-state index contributed by atoms with van der Waals surface area (Å²) in [5.74, 6) is 1.57. The second kappa shape index (κ2) is 9.87. The zero-order chi connectivity index (χ0) is 23.3. The van der Waals surface area contributed by atoms with Crippen LogP contribution in [0.4, 0.5) is 0 Å². The molecule has 170 valence electrons. The Kier molecular flexibility index (Phi) is 6.74. The molecule has 0 bridgehead atoms. The van der Waals surface area contributed by atoms with Crippen molar-refractivity contribution in [1.82, 2.24) is 20.6 Å². The maximum absolute atomic E-state index is 12.7. The number of rotatable bonds is 8. The van der Waals surface area contributed by atoms with Crippen molar-refractivity contribution < 1.29 is 19.1 Å². The molecule has 0 aliphatic heterocycles. The standard InChI is InChI=1S/C24H23ClN4O4/c1-32-21-7-6-20(10-17(21)11-25)33-19-4-2-16(3-5-19)12-28-23(31)24(8-9-24)29-22(30)18-13-26-15-27-14-18/h2-7,11,13-15H,8-10,12H2,1H3,(H,28,31)(H,29,30)/b17-11-. The van der Waals surface area contributed by atoms with Gasteiger partial charge in [0.25, 0.3) is 5.91 Å². The van der Waals surface area contributed by atoms with Gasteiger partial charge in [-0.05, 0) is 42.7 Å². The lowest BCUT2D eigenvalue weighted by molar-refractivity contribution is -0.124. The van der Waals surface area contributed by atoms with Crippen LogP contribution in [0.1, 0.15) is 35.2 Å². The Morgan fingerprint density at radius 1 is 1.15 bits per heavy atom. The normalized spacial score (nSPS) is 17.5. The minimum atomic E-state index is -0.869. The third kappa shape index (κ3) is 5.40. The number of aromatic nitrogens is 2. The van der Waals surface area contributed by atoms with Crippen LogP contribution in [0, 0.1) is 0 Å². The van der Waals surface area contributed by atoms with Crippen LogP contribution in [0.25, 0.3) is 0 Å². The van der Waals surface area contributed by atoms with Crippen molar-refractivity contribution >= 4 is 23.4 Å². The fraction of sp³-hybridized carbons (Fsp3) is 0.250. The van der Waals surface area contributed by atoms with Crippen molar-refractivity contribution in [3.05, 3.63) is 88.9 Å². The summed E-state index contributed by atoms with van der Waals surface area (Å²) < 4.78 is 11.2. The van der Waals surface area contributed by atoms with Crippen LogP contribution in [-0.2, 0) is 16.1 Å². The molecule has 0 spiro atoms. The van der Waals surface area contributed by atoms with E-state index in [0.29, 0.717) is 42.9 Å². The van der Waals surface area contributed by atoms with Gasteiger partial charge in [0.15, 0.2) is 0 Å². The highest BCUT2D eigenvalue weighted by atomic mass is 35.5. The molecule has 2 N–H and O–H groups in total. The number of methoxy groups -OCH3 is 1. The van der Waals surface area contributed by atoms with E-state index in [2.05, 4.69) is 20.6 Å². The lowest BCUT2D eigenvalue weighted by atomic mass is 10.1. The number of carbonyl (C=O) groups is 2. The number of ether oxygens (including phenoxy) is 2. The minimum Gasteiger partial charge on any atom is -0.496 e. The highest BCUT2D eigenvalue weighted by Crippen LogP contribution is 2.36. The van der Waals surface area contributed by atoms with Crippen LogP contribution in [-0.4, -0.2) is 34.4 Å². The smallest absolute Gasteiger partial charge is 0.255 e. The Labute approximate surface area is 196 Å². The lowest BCUT2D eigenvalue weighted by Gasteiger charge is -2.18. The van der Waals surface area contributed by atoms with E-state index in [9.17, 15) is 9.59 Å². The van der Waals surface area contributed by atoms with Crippen LogP contribution < -0.4 is 15.4 Å². The minimum absolute atomic E-state index is 0.207. The molecule has 1 heterocycles. The number of hydrogen-bond donors (Lipinski definition) is 2. The summed E-state index contributed by atoms with van der Waals surface area (Å²) in [6.07, 6.45) is 9.57. The molecular weight excluding hydrogens is 444 g/mol. The molecule has 2 amide bonds. The fourth-order valence-electron chi connectivity index (χ4n) is 3.39. The molecule has 2 aromatic rings. The summed E-state index contributed by atoms with van der Waals surface area (Å²) in [7, 11) is 1.60. The predicted octanol–water partition coefficient (Wildman–Crippen LogP) is 3.37. The van der Waals surface area contributed by atoms with E-state index >= 15 is 0 Å². The van der Waals surface area contributed by atoms with Gasteiger partial charge in [-0.3, -0.25) is 9.59 Å². The van der Waals surface area contributed by atoms with Gasteiger partial charge in [0, 0.05) is 36.5 Å². The summed E-state index contributed by atoms with van der Waals surface area (Å²) in [6.45, 7) is 0.340. The Morgan fingerprint density at radius 3 is 2.52 bits per heavy atom. The van der Waals surface area contributed by atoms with Crippen molar-refractivity contribution in [2.45, 2.75) is 31.3 Å². The quantitative estimate of drug-likeness (QED) is 0.618. The molecule has 0 saturated heterocycles. The van der Waals surface area contributed by atoms with E-state index in [0.717, 1.165) is 16.9 Å². The van der Waals surface area contributed by atoms with Crippen molar-refractivity contribution in [3.8, 4) is 5.75 Å². The van der Waals surface area contributed by atoms with Crippen molar-refractivity contribution in [3.63, 3.8) is 0 Å². The van der Waals surface area contributed by atoms with Gasteiger partial charge in [0.1, 0.15) is 29.1 Å². The number of carbonyl (C=O) groups excluding carboxylic acids is 2. The number of nitrogens with one attached hydrogen (secondary N) is 2. The molecule has 9 heteroatoms. The molecule has 0 atom stereocenters. The monoisotopic (exact) mass is 466 g/mol. The Morgan fingerprint density at radius 2 is 1.88 bits per heavy atom. The third-order valence-electron chi connectivity index (χ3n) is 5.44. The number of nitrogens with zero attached hydrogens (tertiary/aromatic N) is 2. The van der Waals surface area contributed by atoms with Gasteiger partial charge >= 0.3 is 0 Å². The predicted molar refractivity (Wildman–Crippen MR) is 122 cm³/mol. The van der Waals surface area contributed by atoms with E-state index in [1.807, 2.05) is 36.4 Å². The summed E-state index contributed by atoms with van der Waals surface area (Å²) in [5.41, 5.74) is 2.70. The van der Waals surface area contributed by atoms with Crippen LogP contribution in [0.3, 0.4) is 0 Å². The maximum atomic E-state index is 12.7. The highest BCUT2D eigenvalue weighted by molar-refractivity contribution is 6.26. The molecule has 2 aliphatic rings. The molecule has 2 aliphatic carbocycles. The Bertz CT molecular complexity index is 1120. The van der Waals surface area contributed by atoms with E-state index in [-0.39, 0.29) is 11.8 Å². The first kappa shape index (κ1) is 22.5. The molecule has 1 saturated carbocycles. The number of benzene rings is 1. The summed E-state index contributed by atoms with van der Waals surface area (Å²) in [4.78, 5) is 32.7. The molecule has 1 aromatic heterocycles. The van der Waals surface area contributed by atoms with Crippen LogP contribution in [0.15, 0.2) is 77.8 Å². The summed E-state index contributed by atoms with van der Waals surface area (Å²) in [5, 5.41) is 5.71. The fourth-order valence-corrected chi connectivity index (χ4v) is 3.57. The first-order valence-electron chi connectivity index (χ1n) is 10.4. The van der Waals surface area contributed by atoms with E-state index in [4.69, 9.17) is 21.1 Å². The van der Waals surface area contributed by atoms with E-state index in [1.165, 1.54) is 24.3 Å². The number of allylic oxidation sites excluding steroid dienone is 4. The van der Waals surface area contributed by atoms with Crippen LogP contribution >= 0.6 is 11.6 Å². The SMILES string of the molecule is COC1=CC=C(Oc2ccc(CNC(=O)C3(NC(=O)c4cncnc4)CC3)cc2)C/C1=C/Cl. The van der Waals surface area contributed by atoms with Crippen molar-refractivity contribution in [2.24, 2.45) is 0 Å². The van der Waals surface area contributed by atoms with Gasteiger partial charge in [0.05, 0.1) is 12.7 Å². The maximum Gasteiger partial charge on any atom is 0.255 e. The Hall–Kier alpha value is -3.65. The molecule has 8 nitrogen and oxygen atoms in total. The first-order chi connectivity index (χ1) is 16.0. The molecule has 1 aromatic carbocycles. The molecule has 1 fully saturated rings. The second-order valence-corrected chi connectivity index (χ2v) is 7.99. The van der Waals surface area contributed by atoms with Crippen molar-refractivity contribution in [2.75, 3.05) is 7.11 Å². The van der Waals surface area contributed by atoms with Gasteiger partial charge in [0.2, 0.25) is 5.91 Å². The first-order valence-corrected chi connectivity index (χ1v) is 10.8. The third-order valence-corrected chi connectivity index (χ3v) is 5.70. The van der Waals surface area contributed by atoms with Gasteiger partial charge in [-0.15, -0.1) is 0 Å². The summed E-state index contributed by atoms with van der Waals surface area (Å²) >= 11 is 5.87. The Balaban J connectivity index is 1.30. The molecule has 0 radical (unpaired) electrons. The van der Waals surface area contributed by atoms with Gasteiger partial charge in [-0.25, -0.2) is 9.97 Å². The lowest BCUT2D eigenvalue weighted by Crippen LogP contribution is -2.48. The second-order valence-electron chi connectivity index (χ2n) is 7.77. The molecule has 0 unspecified atom stereocenters. The van der Waals surface area contributed by atoms with Gasteiger partial charge < -0.3 is 20.1 Å². The van der Waals surface area contributed by atoms with Gasteiger partial charge in [-0.1, -0.05) is 23.7 Å². The topological polar surface area (TPSA) is 102 Å². The van der Waals surface area contributed by atoms with E-state index < -0.39 is 5.54 Å². The average molecular weight is 467 g/mol. The van der Waals surface area contributed by atoms with Crippen molar-refractivity contribution in [1.29, 1.82) is 0 Å². The number of halogens is 1. The van der Waals surface area contributed by atoms with Crippen LogP contribution in [0.2, 0.25) is 0 Å². The molecular formula is C24H23ClN4O4. The van der Waals surface area contributed by atoms with Crippen LogP contribution in [0.5, 0.6) is 5.75 Å². The molecule has 33 heavy (non-hydrogen) atoms. The average Bonchev–Trinajstić information content (AvgIpc) is 3.64. The zero-order valence-electron chi connectivity index (χ0n) is 18.0. The number of hydrogen-bond acceptors (Lipinski definition) is 6. The zero-order valence-corrected chi connectivity index (χ0v) is 18.8.